The predicted octanol–water partition coefficient (Wildman–Crippen LogP) is 6.68. The lowest BCUT2D eigenvalue weighted by molar-refractivity contribution is -0.135. The molecule has 3 aliphatic heterocycles. The van der Waals surface area contributed by atoms with Crippen LogP contribution in [0.5, 0.6) is 0 Å². The van der Waals surface area contributed by atoms with Crippen LogP contribution in [-0.4, -0.2) is 92.1 Å². The molecule has 0 aliphatic carbocycles. The Morgan fingerprint density at radius 2 is 1.32 bits per heavy atom. The summed E-state index contributed by atoms with van der Waals surface area (Å²) in [6.07, 6.45) is 5.17. The van der Waals surface area contributed by atoms with Crippen LogP contribution in [0.25, 0.3) is 22.5 Å². The topological polar surface area (TPSA) is 166 Å². The van der Waals surface area contributed by atoms with E-state index in [-0.39, 0.29) is 29.9 Å². The van der Waals surface area contributed by atoms with Gasteiger partial charge in [0.2, 0.25) is 11.8 Å². The molecule has 2 aromatic heterocycles. The second-order valence-corrected chi connectivity index (χ2v) is 16.0. The Hall–Kier alpha value is -7.01. The molecule has 5 N–H and O–H groups in total. The van der Waals surface area contributed by atoms with Crippen LogP contribution in [0.15, 0.2) is 121 Å². The summed E-state index contributed by atoms with van der Waals surface area (Å²) in [4.78, 5) is 54.5. The molecule has 0 saturated carbocycles. The number of rotatable bonds is 9. The van der Waals surface area contributed by atoms with Crippen LogP contribution in [0.2, 0.25) is 0 Å². The number of H-pyrrole nitrogens is 2. The molecule has 0 unspecified atom stereocenters. The molecule has 314 valence electrons. The van der Waals surface area contributed by atoms with E-state index in [1.54, 1.807) is 11.1 Å². The third kappa shape index (κ3) is 8.74. The summed E-state index contributed by atoms with van der Waals surface area (Å²) >= 11 is 0. The predicted molar refractivity (Wildman–Crippen MR) is 235 cm³/mol. The number of hydrogen-bond donors (Lipinski definition) is 4. The molecule has 6 aromatic rings. The number of aromatic amines is 2. The quantitative estimate of drug-likeness (QED) is 0.118. The van der Waals surface area contributed by atoms with Gasteiger partial charge in [-0.05, 0) is 72.7 Å². The van der Waals surface area contributed by atoms with Crippen molar-refractivity contribution in [3.8, 4) is 34.4 Å². The third-order valence-corrected chi connectivity index (χ3v) is 12.0. The van der Waals surface area contributed by atoms with Crippen LogP contribution >= 0.6 is 0 Å². The molecular formula is C49H49N9O4. The van der Waals surface area contributed by atoms with Crippen molar-refractivity contribution in [3.63, 3.8) is 0 Å². The molecule has 4 aromatic carbocycles. The van der Waals surface area contributed by atoms with E-state index in [0.29, 0.717) is 39.4 Å². The maximum Gasteiger partial charge on any atom is 0.318 e. The SMILES string of the molecule is N[C@@H](C(=O)N1CCC[C@H]1c1cc(-c2ccc(C#Cc3ccc(-c4cnc([C@@H]5CCCN5C(=O)[C@H](NC(=O)N5CCOCC5)c5ccccc5)[nH]4)cc3)cc2)n[nH]1)c1ccccc1. The highest BCUT2D eigenvalue weighted by Crippen LogP contribution is 2.36. The molecular weight excluding hydrogens is 779 g/mol. The Balaban J connectivity index is 0.828. The first-order chi connectivity index (χ1) is 30.4. The average Bonchev–Trinajstić information content (AvgIpc) is 4.18. The van der Waals surface area contributed by atoms with Gasteiger partial charge in [-0.1, -0.05) is 96.8 Å². The van der Waals surface area contributed by atoms with Crippen LogP contribution in [0.1, 0.15) is 83.6 Å². The molecule has 13 heteroatoms. The number of nitrogens with two attached hydrogens (primary N) is 1. The van der Waals surface area contributed by atoms with Crippen molar-refractivity contribution < 1.29 is 19.1 Å². The number of amides is 4. The van der Waals surface area contributed by atoms with Crippen molar-refractivity contribution in [2.45, 2.75) is 49.9 Å². The highest BCUT2D eigenvalue weighted by Gasteiger charge is 2.38. The van der Waals surface area contributed by atoms with Gasteiger partial charge in [-0.25, -0.2) is 9.78 Å². The number of ether oxygens (including phenoxy) is 1. The molecule has 3 fully saturated rings. The van der Waals surface area contributed by atoms with Crippen LogP contribution in [0, 0.1) is 11.8 Å². The molecule has 0 bridgehead atoms. The number of imidazole rings is 1. The van der Waals surface area contributed by atoms with Gasteiger partial charge in [0.05, 0.1) is 48.6 Å². The minimum Gasteiger partial charge on any atom is -0.378 e. The molecule has 0 radical (unpaired) electrons. The first kappa shape index (κ1) is 40.4. The van der Waals surface area contributed by atoms with E-state index >= 15 is 0 Å². The Morgan fingerprint density at radius 1 is 0.726 bits per heavy atom. The van der Waals surface area contributed by atoms with Gasteiger partial charge in [-0.3, -0.25) is 14.7 Å². The maximum atomic E-state index is 14.2. The zero-order chi connectivity index (χ0) is 42.4. The fraction of sp³-hybridized carbons (Fsp3) is 0.286. The van der Waals surface area contributed by atoms with Gasteiger partial charge in [0.15, 0.2) is 0 Å². The van der Waals surface area contributed by atoms with Crippen molar-refractivity contribution in [1.29, 1.82) is 0 Å². The summed E-state index contributed by atoms with van der Waals surface area (Å²) in [5.41, 5.74) is 14.1. The summed E-state index contributed by atoms with van der Waals surface area (Å²) in [7, 11) is 0. The largest absolute Gasteiger partial charge is 0.378 e. The lowest BCUT2D eigenvalue weighted by Crippen LogP contribution is -2.50. The van der Waals surface area contributed by atoms with Crippen molar-refractivity contribution in [3.05, 3.63) is 155 Å². The molecule has 3 saturated heterocycles. The first-order valence-corrected chi connectivity index (χ1v) is 21.3. The fourth-order valence-electron chi connectivity index (χ4n) is 8.64. The van der Waals surface area contributed by atoms with E-state index in [9.17, 15) is 14.4 Å². The standard InChI is InChI=1S/C49H49N9O4/c50-44(37-9-3-1-4-10-37)47(59)57-25-7-13-42(57)40-31-39(54-55-40)35-21-17-33(18-22-35)15-16-34-19-23-36(24-20-34)41-32-51-46(52-41)43-14-8-26-58(43)48(60)45(38-11-5-2-6-12-38)53-49(61)56-27-29-62-30-28-56/h1-6,9-12,17-24,31-32,42-45H,7-8,13-14,25-30,50H2,(H,51,52)(H,53,61)(H,54,55)/t42-,43-,44+,45+/m0/s1. The number of nitrogens with zero attached hydrogens (tertiary/aromatic N) is 5. The number of urea groups is 1. The van der Waals surface area contributed by atoms with E-state index in [0.717, 1.165) is 82.0 Å². The average molecular weight is 828 g/mol. The molecule has 13 nitrogen and oxygen atoms in total. The van der Waals surface area contributed by atoms with Crippen molar-refractivity contribution in [2.75, 3.05) is 39.4 Å². The van der Waals surface area contributed by atoms with E-state index in [1.807, 2.05) is 125 Å². The van der Waals surface area contributed by atoms with Crippen LogP contribution in [0.3, 0.4) is 0 Å². The molecule has 9 rings (SSSR count). The number of benzene rings is 4. The van der Waals surface area contributed by atoms with Crippen molar-refractivity contribution in [2.24, 2.45) is 5.73 Å². The summed E-state index contributed by atoms with van der Waals surface area (Å²) in [5, 5.41) is 10.8. The highest BCUT2D eigenvalue weighted by atomic mass is 16.5. The van der Waals surface area contributed by atoms with E-state index in [2.05, 4.69) is 32.3 Å². The Labute approximate surface area is 360 Å². The van der Waals surface area contributed by atoms with Gasteiger partial charge in [0, 0.05) is 42.9 Å². The molecule has 3 aliphatic rings. The van der Waals surface area contributed by atoms with Gasteiger partial charge >= 0.3 is 6.03 Å². The van der Waals surface area contributed by atoms with Gasteiger partial charge in [0.25, 0.3) is 0 Å². The first-order valence-electron chi connectivity index (χ1n) is 21.3. The van der Waals surface area contributed by atoms with Gasteiger partial charge in [0.1, 0.15) is 17.9 Å². The van der Waals surface area contributed by atoms with Crippen LogP contribution in [0.4, 0.5) is 4.79 Å². The van der Waals surface area contributed by atoms with Crippen molar-refractivity contribution in [1.82, 2.24) is 40.2 Å². The minimum atomic E-state index is -0.823. The smallest absolute Gasteiger partial charge is 0.318 e. The summed E-state index contributed by atoms with van der Waals surface area (Å²) in [6.45, 7) is 3.17. The summed E-state index contributed by atoms with van der Waals surface area (Å²) < 4.78 is 5.42. The zero-order valence-corrected chi connectivity index (χ0v) is 34.4. The number of morpholine rings is 1. The van der Waals surface area contributed by atoms with Crippen LogP contribution < -0.4 is 11.1 Å². The van der Waals surface area contributed by atoms with Gasteiger partial charge < -0.3 is 35.5 Å². The van der Waals surface area contributed by atoms with E-state index in [4.69, 9.17) is 15.5 Å². The summed E-state index contributed by atoms with van der Waals surface area (Å²) in [5.74, 6) is 7.03. The Bertz CT molecular complexity index is 2560. The Kier molecular flexibility index (Phi) is 11.9. The maximum absolute atomic E-state index is 14.2. The molecule has 0 spiro atoms. The normalized spacial score (nSPS) is 18.5. The van der Waals surface area contributed by atoms with Crippen molar-refractivity contribution >= 4 is 17.8 Å². The van der Waals surface area contributed by atoms with Gasteiger partial charge in [-0.2, -0.15) is 5.10 Å². The number of likely N-dealkylation sites (tertiary alicyclic amines) is 2. The molecule has 4 atom stereocenters. The molecule has 5 heterocycles. The number of aromatic nitrogens is 4. The number of carbonyl (C=O) groups is 3. The minimum absolute atomic E-state index is 0.0778. The van der Waals surface area contributed by atoms with E-state index < -0.39 is 12.1 Å². The second-order valence-electron chi connectivity index (χ2n) is 16.0. The fourth-order valence-corrected chi connectivity index (χ4v) is 8.64. The lowest BCUT2D eigenvalue weighted by Gasteiger charge is -2.32. The summed E-state index contributed by atoms with van der Waals surface area (Å²) in [6, 6.07) is 34.8. The third-order valence-electron chi connectivity index (χ3n) is 12.0. The van der Waals surface area contributed by atoms with Crippen LogP contribution in [-0.2, 0) is 14.3 Å². The molecule has 4 amide bonds. The van der Waals surface area contributed by atoms with E-state index in [1.165, 1.54) is 0 Å². The second kappa shape index (κ2) is 18.3. The zero-order valence-electron chi connectivity index (χ0n) is 34.4. The van der Waals surface area contributed by atoms with Gasteiger partial charge in [-0.15, -0.1) is 0 Å². The monoisotopic (exact) mass is 827 g/mol. The molecule has 62 heavy (non-hydrogen) atoms. The number of hydrogen-bond acceptors (Lipinski definition) is 7. The number of nitrogens with one attached hydrogen (secondary N) is 3. The highest BCUT2D eigenvalue weighted by molar-refractivity contribution is 5.89. The lowest BCUT2D eigenvalue weighted by atomic mass is 10.0. The number of carbonyl (C=O) groups excluding carboxylic acids is 3. The Morgan fingerprint density at radius 3 is 1.98 bits per heavy atom.